The van der Waals surface area contributed by atoms with Gasteiger partial charge >= 0.3 is 12.1 Å². The zero-order valence-corrected chi connectivity index (χ0v) is 47.5. The highest BCUT2D eigenvalue weighted by Gasteiger charge is 2.52. The Morgan fingerprint density at radius 1 is 0.988 bits per heavy atom. The number of aryl methyl sites for hydroxylation is 2. The Morgan fingerprint density at radius 2 is 1.78 bits per heavy atom. The molecule has 4 N–H and O–H groups in total. The monoisotopic (exact) mass is 1130 g/mol. The van der Waals surface area contributed by atoms with Crippen LogP contribution in [0.3, 0.4) is 0 Å². The first kappa shape index (κ1) is 54.6. The lowest BCUT2D eigenvalue weighted by Crippen LogP contribution is -2.51. The fourth-order valence-electron chi connectivity index (χ4n) is 12.8. The summed E-state index contributed by atoms with van der Waals surface area (Å²) >= 11 is 1.56. The van der Waals surface area contributed by atoms with Gasteiger partial charge in [0.1, 0.15) is 58.2 Å². The van der Waals surface area contributed by atoms with E-state index in [0.717, 1.165) is 68.3 Å². The van der Waals surface area contributed by atoms with Crippen molar-refractivity contribution in [1.82, 2.24) is 50.1 Å². The minimum absolute atomic E-state index is 0.00572. The Kier molecular flexibility index (Phi) is 14.7. The lowest BCUT2D eigenvalue weighted by Gasteiger charge is -2.35. The molecule has 82 heavy (non-hydrogen) atoms. The lowest BCUT2D eigenvalue weighted by molar-refractivity contribution is -0.0342. The maximum atomic E-state index is 17.4. The van der Waals surface area contributed by atoms with Crippen LogP contribution in [0, 0.1) is 18.7 Å². The number of aromatic nitrogens is 6. The Hall–Kier alpha value is -8.01. The number of anilines is 1. The summed E-state index contributed by atoms with van der Waals surface area (Å²) in [6, 6.07) is 20.0. The van der Waals surface area contributed by atoms with Gasteiger partial charge in [-0.3, -0.25) is 24.0 Å². The van der Waals surface area contributed by atoms with Crippen LogP contribution in [0.5, 0.6) is 17.5 Å². The van der Waals surface area contributed by atoms with Gasteiger partial charge in [0.15, 0.2) is 12.0 Å². The van der Waals surface area contributed by atoms with Gasteiger partial charge in [0.05, 0.1) is 45.8 Å². The minimum atomic E-state index is -0.905. The molecule has 4 fully saturated rings. The molecule has 4 aliphatic rings. The van der Waals surface area contributed by atoms with Gasteiger partial charge in [0.25, 0.3) is 5.91 Å². The van der Waals surface area contributed by atoms with Crippen molar-refractivity contribution in [1.29, 1.82) is 0 Å². The van der Waals surface area contributed by atoms with Crippen LogP contribution in [0.4, 0.5) is 15.0 Å². The first-order valence-corrected chi connectivity index (χ1v) is 29.1. The van der Waals surface area contributed by atoms with Gasteiger partial charge in [-0.1, -0.05) is 68.4 Å². The zero-order chi connectivity index (χ0) is 57.1. The van der Waals surface area contributed by atoms with Crippen LogP contribution in [-0.2, 0) is 17.7 Å². The van der Waals surface area contributed by atoms with Gasteiger partial charge in [0.2, 0.25) is 5.91 Å². The van der Waals surface area contributed by atoms with Crippen LogP contribution in [0.1, 0.15) is 122 Å². The van der Waals surface area contributed by atoms with Crippen molar-refractivity contribution in [3.8, 4) is 39.2 Å². The van der Waals surface area contributed by atoms with Gasteiger partial charge in [-0.05, 0) is 97.9 Å². The predicted octanol–water partition coefficient (Wildman–Crippen LogP) is 10.3. The number of pyridine rings is 1. The van der Waals surface area contributed by atoms with E-state index in [1.807, 2.05) is 82.6 Å². The van der Waals surface area contributed by atoms with E-state index in [0.29, 0.717) is 61.4 Å². The Labute approximate surface area is 477 Å². The lowest BCUT2D eigenvalue weighted by atomic mass is 9.92. The average molecular weight is 1130 g/mol. The number of benzene rings is 3. The van der Waals surface area contributed by atoms with Crippen molar-refractivity contribution in [2.24, 2.45) is 5.92 Å². The van der Waals surface area contributed by atoms with Gasteiger partial charge in [0, 0.05) is 69.1 Å². The fraction of sp³-hybridized carbons (Fsp3) is 0.410. The molecule has 0 spiro atoms. The van der Waals surface area contributed by atoms with Crippen LogP contribution in [-0.4, -0.2) is 125 Å². The molecule has 6 atom stereocenters. The number of hydrogen-bond acceptors (Lipinski definition) is 17. The second kappa shape index (κ2) is 22.0. The van der Waals surface area contributed by atoms with Crippen molar-refractivity contribution in [2.75, 3.05) is 38.2 Å². The summed E-state index contributed by atoms with van der Waals surface area (Å²) in [5.41, 5.74) is 6.11. The third-order valence-corrected chi connectivity index (χ3v) is 18.0. The second-order valence-electron chi connectivity index (χ2n) is 22.8. The number of carbonyl (C=O) groups excluding carboxylic acids is 3. The third-order valence-electron chi connectivity index (χ3n) is 17.0. The van der Waals surface area contributed by atoms with Crippen LogP contribution >= 0.6 is 11.3 Å². The van der Waals surface area contributed by atoms with E-state index in [2.05, 4.69) is 30.6 Å². The molecule has 4 saturated heterocycles. The SMILES string of the molecule is CCc1cccc2cc(O)cc(-c3ncc4c(N5CC6CCC(C5)N6)nc(OC[C@@]56CCCN5[C@@H](OC(=O)N(C)Cc5cc([C@@H](C(=O)n7cc(O)cc7C(=O)N[C@@H](C)c7ccc(-c8scnc8C)cc7)C(C)C)on5)CC6)nc4c3F)c12. The quantitative estimate of drug-likeness (QED) is 0.0706. The molecule has 8 aromatic rings. The van der Waals surface area contributed by atoms with Crippen molar-refractivity contribution in [3.63, 3.8) is 0 Å². The number of rotatable bonds is 16. The molecule has 2 bridgehead atoms. The number of piperazine rings is 1. The van der Waals surface area contributed by atoms with Crippen LogP contribution in [0.2, 0.25) is 0 Å². The van der Waals surface area contributed by atoms with Gasteiger partial charge in [-0.25, -0.2) is 14.2 Å². The van der Waals surface area contributed by atoms with E-state index in [1.165, 1.54) is 17.2 Å². The van der Waals surface area contributed by atoms with E-state index in [9.17, 15) is 24.6 Å². The molecular formula is C61H66FN11O8S. The Morgan fingerprint density at radius 3 is 2.52 bits per heavy atom. The van der Waals surface area contributed by atoms with Gasteiger partial charge in [-0.2, -0.15) is 9.97 Å². The molecule has 2 amide bonds. The maximum Gasteiger partial charge on any atom is 0.411 e. The summed E-state index contributed by atoms with van der Waals surface area (Å²) in [6.45, 7) is 11.8. The number of phenolic OH excluding ortho intramolecular Hbond substituents is 1. The number of hydrogen-bond donors (Lipinski definition) is 4. The summed E-state index contributed by atoms with van der Waals surface area (Å²) in [5, 5.41) is 34.4. The molecule has 4 aliphatic heterocycles. The van der Waals surface area contributed by atoms with Gasteiger partial charge in [-0.15, -0.1) is 11.3 Å². The standard InChI is InChI=1S/C61H66FN11O8S/c1-7-36-10-8-11-39-22-43(74)24-45(51(36)39)53-52(62)54-46(26-63-53)56(71-28-40-16-17-41(29-71)66-40)68-59(67-54)79-31-61-19-9-21-73(61)49(18-20-61)80-60(78)70(6)27-42-23-48(81-69-42)50(33(2)3)58(77)72-30-44(75)25-47(72)57(76)65-34(4)37-12-14-38(15-13-37)55-35(5)64-32-82-55/h8,10-15,22-26,30,32-34,40-41,49-50,66,74-75H,7,9,16-21,27-29,31H2,1-6H3,(H,65,76)/t34-,40?,41?,49-,50-,61-/m0/s1. The predicted molar refractivity (Wildman–Crippen MR) is 308 cm³/mol. The van der Waals surface area contributed by atoms with Crippen molar-refractivity contribution in [2.45, 2.75) is 122 Å². The molecule has 0 saturated carbocycles. The highest BCUT2D eigenvalue weighted by Crippen LogP contribution is 2.44. The molecule has 0 aliphatic carbocycles. The number of phenols is 1. The highest BCUT2D eigenvalue weighted by atomic mass is 32.1. The summed E-state index contributed by atoms with van der Waals surface area (Å²) in [5.74, 6) is -2.37. The number of fused-ring (bicyclic) bond motifs is 5. The number of aromatic hydroxyl groups is 2. The number of nitrogens with one attached hydrogen (secondary N) is 2. The average Bonchev–Trinajstić information content (AvgIpc) is 3.53. The molecule has 426 valence electrons. The molecule has 2 unspecified atom stereocenters. The molecule has 12 rings (SSSR count). The number of amides is 2. The van der Waals surface area contributed by atoms with Gasteiger partial charge < -0.3 is 44.6 Å². The molecule has 9 heterocycles. The van der Waals surface area contributed by atoms with Crippen molar-refractivity contribution in [3.05, 3.63) is 124 Å². The van der Waals surface area contributed by atoms with Crippen LogP contribution in [0.25, 0.3) is 43.4 Å². The van der Waals surface area contributed by atoms with E-state index in [-0.39, 0.29) is 71.3 Å². The number of thiazole rings is 1. The first-order chi connectivity index (χ1) is 39.5. The summed E-state index contributed by atoms with van der Waals surface area (Å²) in [7, 11) is 1.60. The molecule has 0 radical (unpaired) electrons. The molecular weight excluding hydrogens is 1070 g/mol. The van der Waals surface area contributed by atoms with Crippen LogP contribution < -0.4 is 20.3 Å². The fourth-order valence-corrected chi connectivity index (χ4v) is 13.7. The van der Waals surface area contributed by atoms with Crippen LogP contribution in [0.15, 0.2) is 89.2 Å². The smallest absolute Gasteiger partial charge is 0.411 e. The number of carbonyl (C=O) groups is 3. The topological polar surface area (TPSA) is 226 Å². The summed E-state index contributed by atoms with van der Waals surface area (Å²) < 4.78 is 37.1. The molecule has 21 heteroatoms. The van der Waals surface area contributed by atoms with Crippen molar-refractivity contribution < 1.29 is 43.0 Å². The molecule has 5 aromatic heterocycles. The number of nitrogens with zero attached hydrogens (tertiary/aromatic N) is 9. The summed E-state index contributed by atoms with van der Waals surface area (Å²) in [4.78, 5) is 67.7. The summed E-state index contributed by atoms with van der Waals surface area (Å²) in [6.07, 6.45) is 7.35. The van der Waals surface area contributed by atoms with E-state index in [1.54, 1.807) is 42.8 Å². The van der Waals surface area contributed by atoms with E-state index >= 15 is 4.39 Å². The largest absolute Gasteiger partial charge is 0.508 e. The Balaban J connectivity index is 0.720. The van der Waals surface area contributed by atoms with E-state index < -0.39 is 47.5 Å². The number of ether oxygens (including phenoxy) is 2. The second-order valence-corrected chi connectivity index (χ2v) is 23.6. The normalized spacial score (nSPS) is 20.4. The minimum Gasteiger partial charge on any atom is -0.508 e. The van der Waals surface area contributed by atoms with Crippen molar-refractivity contribution >= 4 is 56.7 Å². The maximum absolute atomic E-state index is 17.4. The molecule has 19 nitrogen and oxygen atoms in total. The first-order valence-electron chi connectivity index (χ1n) is 28.2. The van der Waals surface area contributed by atoms with E-state index in [4.69, 9.17) is 28.9 Å². The highest BCUT2D eigenvalue weighted by molar-refractivity contribution is 7.13. The third kappa shape index (κ3) is 10.3. The Bertz CT molecular complexity index is 3740. The molecule has 3 aromatic carbocycles. The zero-order valence-electron chi connectivity index (χ0n) is 46.7. The number of halogens is 1.